The van der Waals surface area contributed by atoms with Gasteiger partial charge in [-0.25, -0.2) is 0 Å². The van der Waals surface area contributed by atoms with Crippen LogP contribution >= 0.6 is 0 Å². The van der Waals surface area contributed by atoms with Crippen LogP contribution in [0.25, 0.3) is 0 Å². The standard InChI is InChI=1S/C12H13N3O/c1-9-5-3-4-6-11(9)14-12(16)10-7-13-15(2)8-10/h3-8H,1-2H3,(H,14,16). The van der Waals surface area contributed by atoms with Gasteiger partial charge in [-0.2, -0.15) is 5.10 Å². The van der Waals surface area contributed by atoms with E-state index in [1.807, 2.05) is 31.2 Å². The highest BCUT2D eigenvalue weighted by Crippen LogP contribution is 2.14. The Morgan fingerprint density at radius 3 is 2.75 bits per heavy atom. The van der Waals surface area contributed by atoms with E-state index in [4.69, 9.17) is 0 Å². The molecule has 0 bridgehead atoms. The van der Waals surface area contributed by atoms with Crippen molar-refractivity contribution in [3.8, 4) is 0 Å². The molecule has 1 aromatic carbocycles. The zero-order valence-corrected chi connectivity index (χ0v) is 9.27. The number of hydrogen-bond donors (Lipinski definition) is 1. The first-order valence-electron chi connectivity index (χ1n) is 5.02. The second-order valence-corrected chi connectivity index (χ2v) is 3.67. The van der Waals surface area contributed by atoms with E-state index < -0.39 is 0 Å². The normalized spacial score (nSPS) is 10.1. The van der Waals surface area contributed by atoms with Crippen LogP contribution in [0.2, 0.25) is 0 Å². The lowest BCUT2D eigenvalue weighted by Gasteiger charge is -2.06. The number of nitrogens with zero attached hydrogens (tertiary/aromatic N) is 2. The number of para-hydroxylation sites is 1. The Kier molecular flexibility index (Phi) is 2.72. The molecule has 0 fully saturated rings. The van der Waals surface area contributed by atoms with E-state index in [9.17, 15) is 4.79 Å². The van der Waals surface area contributed by atoms with Gasteiger partial charge in [-0.15, -0.1) is 0 Å². The Morgan fingerprint density at radius 1 is 1.38 bits per heavy atom. The van der Waals surface area contributed by atoms with Gasteiger partial charge in [0.15, 0.2) is 0 Å². The largest absolute Gasteiger partial charge is 0.322 e. The molecule has 82 valence electrons. The third kappa shape index (κ3) is 2.11. The molecule has 0 aliphatic carbocycles. The summed E-state index contributed by atoms with van der Waals surface area (Å²) in [6.07, 6.45) is 3.24. The second kappa shape index (κ2) is 4.18. The molecule has 0 saturated heterocycles. The molecule has 4 heteroatoms. The average Bonchev–Trinajstić information content (AvgIpc) is 2.68. The fraction of sp³-hybridized carbons (Fsp3) is 0.167. The predicted octanol–water partition coefficient (Wildman–Crippen LogP) is 1.98. The second-order valence-electron chi connectivity index (χ2n) is 3.67. The summed E-state index contributed by atoms with van der Waals surface area (Å²) in [7, 11) is 1.78. The topological polar surface area (TPSA) is 46.9 Å². The maximum absolute atomic E-state index is 11.8. The number of carbonyl (C=O) groups excluding carboxylic acids is 1. The minimum Gasteiger partial charge on any atom is -0.322 e. The quantitative estimate of drug-likeness (QED) is 0.832. The number of aryl methyl sites for hydroxylation is 2. The molecule has 0 aliphatic heterocycles. The van der Waals surface area contributed by atoms with Crippen LogP contribution in [0.15, 0.2) is 36.7 Å². The minimum absolute atomic E-state index is 0.137. The number of rotatable bonds is 2. The van der Waals surface area contributed by atoms with Crippen molar-refractivity contribution in [1.82, 2.24) is 9.78 Å². The van der Waals surface area contributed by atoms with E-state index in [0.29, 0.717) is 5.56 Å². The summed E-state index contributed by atoms with van der Waals surface area (Å²) >= 11 is 0. The molecule has 0 radical (unpaired) electrons. The van der Waals surface area contributed by atoms with Gasteiger partial charge in [0, 0.05) is 18.9 Å². The Labute approximate surface area is 93.9 Å². The number of amides is 1. The van der Waals surface area contributed by atoms with Crippen LogP contribution in [0.5, 0.6) is 0 Å². The smallest absolute Gasteiger partial charge is 0.258 e. The van der Waals surface area contributed by atoms with Crippen molar-refractivity contribution in [2.45, 2.75) is 6.92 Å². The Morgan fingerprint density at radius 2 is 2.12 bits per heavy atom. The number of hydrogen-bond acceptors (Lipinski definition) is 2. The molecule has 2 rings (SSSR count). The van der Waals surface area contributed by atoms with Crippen molar-refractivity contribution in [3.63, 3.8) is 0 Å². The van der Waals surface area contributed by atoms with Gasteiger partial charge in [0.25, 0.3) is 5.91 Å². The van der Waals surface area contributed by atoms with Gasteiger partial charge in [0.05, 0.1) is 11.8 Å². The first-order valence-corrected chi connectivity index (χ1v) is 5.02. The molecule has 0 unspecified atom stereocenters. The SMILES string of the molecule is Cc1ccccc1NC(=O)c1cnn(C)c1. The fourth-order valence-corrected chi connectivity index (χ4v) is 1.45. The molecule has 0 atom stereocenters. The van der Waals surface area contributed by atoms with Crippen molar-refractivity contribution < 1.29 is 4.79 Å². The molecule has 1 amide bonds. The van der Waals surface area contributed by atoms with Crippen LogP contribution in [0, 0.1) is 6.92 Å². The summed E-state index contributed by atoms with van der Waals surface area (Å²) in [5.74, 6) is -0.137. The van der Waals surface area contributed by atoms with Crippen molar-refractivity contribution in [2.75, 3.05) is 5.32 Å². The maximum Gasteiger partial charge on any atom is 0.258 e. The monoisotopic (exact) mass is 215 g/mol. The molecule has 0 spiro atoms. The molecule has 4 nitrogen and oxygen atoms in total. The number of carbonyl (C=O) groups is 1. The maximum atomic E-state index is 11.8. The van der Waals surface area contributed by atoms with Gasteiger partial charge in [-0.1, -0.05) is 18.2 Å². The fourth-order valence-electron chi connectivity index (χ4n) is 1.45. The zero-order chi connectivity index (χ0) is 11.5. The van der Waals surface area contributed by atoms with Crippen LogP contribution in [0.1, 0.15) is 15.9 Å². The van der Waals surface area contributed by atoms with Crippen LogP contribution in [-0.4, -0.2) is 15.7 Å². The van der Waals surface area contributed by atoms with E-state index in [1.54, 1.807) is 24.1 Å². The summed E-state index contributed by atoms with van der Waals surface area (Å²) in [4.78, 5) is 11.8. The molecule has 2 aromatic rings. The molecule has 16 heavy (non-hydrogen) atoms. The highest BCUT2D eigenvalue weighted by molar-refractivity contribution is 6.04. The molecule has 0 aliphatic rings. The molecule has 1 aromatic heterocycles. The lowest BCUT2D eigenvalue weighted by Crippen LogP contribution is -2.11. The van der Waals surface area contributed by atoms with E-state index in [-0.39, 0.29) is 5.91 Å². The molecule has 1 N–H and O–H groups in total. The van der Waals surface area contributed by atoms with Crippen LogP contribution in [-0.2, 0) is 7.05 Å². The van der Waals surface area contributed by atoms with Gasteiger partial charge >= 0.3 is 0 Å². The summed E-state index contributed by atoms with van der Waals surface area (Å²) in [5, 5.41) is 6.81. The number of anilines is 1. The summed E-state index contributed by atoms with van der Waals surface area (Å²) < 4.78 is 1.60. The lowest BCUT2D eigenvalue weighted by molar-refractivity contribution is 0.102. The molecular weight excluding hydrogens is 202 g/mol. The van der Waals surface area contributed by atoms with Gasteiger partial charge in [-0.3, -0.25) is 9.48 Å². The van der Waals surface area contributed by atoms with Crippen LogP contribution in [0.3, 0.4) is 0 Å². The van der Waals surface area contributed by atoms with E-state index in [2.05, 4.69) is 10.4 Å². The zero-order valence-electron chi connectivity index (χ0n) is 9.27. The van der Waals surface area contributed by atoms with E-state index in [1.165, 1.54) is 0 Å². The van der Waals surface area contributed by atoms with Crippen LogP contribution in [0.4, 0.5) is 5.69 Å². The van der Waals surface area contributed by atoms with Crippen LogP contribution < -0.4 is 5.32 Å². The molecule has 1 heterocycles. The molecular formula is C12H13N3O. The number of aromatic nitrogens is 2. The minimum atomic E-state index is -0.137. The van der Waals surface area contributed by atoms with Crippen molar-refractivity contribution >= 4 is 11.6 Å². The Hall–Kier alpha value is -2.10. The summed E-state index contributed by atoms with van der Waals surface area (Å²) in [6, 6.07) is 7.67. The highest BCUT2D eigenvalue weighted by Gasteiger charge is 2.08. The third-order valence-corrected chi connectivity index (χ3v) is 2.36. The summed E-state index contributed by atoms with van der Waals surface area (Å²) in [6.45, 7) is 1.96. The molecule has 0 saturated carbocycles. The lowest BCUT2D eigenvalue weighted by atomic mass is 10.2. The van der Waals surface area contributed by atoms with Gasteiger partial charge < -0.3 is 5.32 Å². The summed E-state index contributed by atoms with van der Waals surface area (Å²) in [5.41, 5.74) is 2.43. The number of nitrogens with one attached hydrogen (secondary N) is 1. The van der Waals surface area contributed by atoms with Crippen molar-refractivity contribution in [1.29, 1.82) is 0 Å². The highest BCUT2D eigenvalue weighted by atomic mass is 16.1. The van der Waals surface area contributed by atoms with Crippen molar-refractivity contribution in [2.24, 2.45) is 7.05 Å². The van der Waals surface area contributed by atoms with E-state index in [0.717, 1.165) is 11.3 Å². The number of benzene rings is 1. The van der Waals surface area contributed by atoms with E-state index >= 15 is 0 Å². The van der Waals surface area contributed by atoms with Gasteiger partial charge in [0.1, 0.15) is 0 Å². The first kappa shape index (κ1) is 10.4. The Bertz CT molecular complexity index is 516. The predicted molar refractivity (Wildman–Crippen MR) is 62.3 cm³/mol. The van der Waals surface area contributed by atoms with Gasteiger partial charge in [-0.05, 0) is 18.6 Å². The first-order chi connectivity index (χ1) is 7.66. The average molecular weight is 215 g/mol. The van der Waals surface area contributed by atoms with Gasteiger partial charge in [0.2, 0.25) is 0 Å². The Balaban J connectivity index is 2.17. The van der Waals surface area contributed by atoms with Crippen molar-refractivity contribution in [3.05, 3.63) is 47.8 Å². The third-order valence-electron chi connectivity index (χ3n) is 2.36.